The number of piperidine rings is 1. The molecule has 168 valence electrons. The maximum Gasteiger partial charge on any atom is 0.243 e. The van der Waals surface area contributed by atoms with Gasteiger partial charge in [0, 0.05) is 38.6 Å². The van der Waals surface area contributed by atoms with Gasteiger partial charge in [-0.05, 0) is 41.7 Å². The molecule has 1 aliphatic rings. The molecule has 4 rings (SSSR count). The number of nitrogens with one attached hydrogen (secondary N) is 1. The van der Waals surface area contributed by atoms with Crippen molar-refractivity contribution in [3.05, 3.63) is 83.9 Å². The molecule has 3 aromatic rings. The van der Waals surface area contributed by atoms with Gasteiger partial charge in [0.05, 0.1) is 17.6 Å². The van der Waals surface area contributed by atoms with E-state index >= 15 is 0 Å². The van der Waals surface area contributed by atoms with Crippen LogP contribution in [0.25, 0.3) is 0 Å². The van der Waals surface area contributed by atoms with Crippen molar-refractivity contribution in [3.8, 4) is 0 Å². The standard InChI is InChI=1S/C24H28N4O3S/c29-24(26-17-21-4-6-22(7-5-21)18-27-15-12-25-19-27)16-20-8-10-23(11-9-20)32(30,31)28-13-2-1-3-14-28/h4-12,15,19H,1-3,13-14,16-18H2,(H,26,29). The zero-order chi connectivity index (χ0) is 22.4. The minimum atomic E-state index is -3.45. The van der Waals surface area contributed by atoms with Gasteiger partial charge in [0.1, 0.15) is 0 Å². The average Bonchev–Trinajstić information content (AvgIpc) is 3.33. The Hall–Kier alpha value is -2.97. The summed E-state index contributed by atoms with van der Waals surface area (Å²) in [7, 11) is -3.45. The molecule has 0 bridgehead atoms. The molecule has 2 heterocycles. The monoisotopic (exact) mass is 452 g/mol. The first-order valence-corrected chi connectivity index (χ1v) is 12.3. The summed E-state index contributed by atoms with van der Waals surface area (Å²) in [6.07, 6.45) is 8.56. The summed E-state index contributed by atoms with van der Waals surface area (Å²) in [4.78, 5) is 16.7. The van der Waals surface area contributed by atoms with E-state index < -0.39 is 10.0 Å². The lowest BCUT2D eigenvalue weighted by atomic mass is 10.1. The fraction of sp³-hybridized carbons (Fsp3) is 0.333. The first-order valence-electron chi connectivity index (χ1n) is 10.9. The van der Waals surface area contributed by atoms with Crippen LogP contribution in [0.2, 0.25) is 0 Å². The Morgan fingerprint density at radius 1 is 0.906 bits per heavy atom. The number of imidazole rings is 1. The summed E-state index contributed by atoms with van der Waals surface area (Å²) in [5, 5.41) is 2.93. The largest absolute Gasteiger partial charge is 0.352 e. The molecular formula is C24H28N4O3S. The molecule has 32 heavy (non-hydrogen) atoms. The molecule has 1 aromatic heterocycles. The number of benzene rings is 2. The van der Waals surface area contributed by atoms with Crippen molar-refractivity contribution in [3.63, 3.8) is 0 Å². The number of sulfonamides is 1. The van der Waals surface area contributed by atoms with Gasteiger partial charge < -0.3 is 9.88 Å². The van der Waals surface area contributed by atoms with E-state index in [2.05, 4.69) is 10.3 Å². The summed E-state index contributed by atoms with van der Waals surface area (Å²) >= 11 is 0. The minimum Gasteiger partial charge on any atom is -0.352 e. The van der Waals surface area contributed by atoms with Crippen molar-refractivity contribution < 1.29 is 13.2 Å². The molecule has 0 saturated carbocycles. The van der Waals surface area contributed by atoms with E-state index in [4.69, 9.17) is 0 Å². The normalized spacial score (nSPS) is 14.9. The molecular weight excluding hydrogens is 424 g/mol. The number of aromatic nitrogens is 2. The van der Waals surface area contributed by atoms with E-state index in [1.165, 1.54) is 0 Å². The van der Waals surface area contributed by atoms with E-state index in [1.807, 2.05) is 35.0 Å². The summed E-state index contributed by atoms with van der Waals surface area (Å²) in [5.74, 6) is -0.0980. The highest BCUT2D eigenvalue weighted by Gasteiger charge is 2.25. The van der Waals surface area contributed by atoms with Gasteiger partial charge >= 0.3 is 0 Å². The summed E-state index contributed by atoms with van der Waals surface area (Å²) < 4.78 is 29.0. The van der Waals surface area contributed by atoms with E-state index in [1.54, 1.807) is 41.1 Å². The van der Waals surface area contributed by atoms with Gasteiger partial charge in [0.25, 0.3) is 0 Å². The molecule has 0 unspecified atom stereocenters. The van der Waals surface area contributed by atoms with Gasteiger partial charge in [0.15, 0.2) is 0 Å². The topological polar surface area (TPSA) is 84.3 Å². The smallest absolute Gasteiger partial charge is 0.243 e. The van der Waals surface area contributed by atoms with Crippen molar-refractivity contribution in [2.24, 2.45) is 0 Å². The Labute approximate surface area is 189 Å². The number of nitrogens with zero attached hydrogens (tertiary/aromatic N) is 3. The van der Waals surface area contributed by atoms with Gasteiger partial charge in [0.2, 0.25) is 15.9 Å². The lowest BCUT2D eigenvalue weighted by molar-refractivity contribution is -0.120. The highest BCUT2D eigenvalue weighted by Crippen LogP contribution is 2.21. The predicted octanol–water partition coefficient (Wildman–Crippen LogP) is 2.96. The Balaban J connectivity index is 1.27. The maximum atomic E-state index is 12.7. The van der Waals surface area contributed by atoms with E-state index in [9.17, 15) is 13.2 Å². The molecule has 1 N–H and O–H groups in total. The van der Waals surface area contributed by atoms with Crippen LogP contribution in [-0.4, -0.2) is 41.3 Å². The first-order chi connectivity index (χ1) is 15.5. The quantitative estimate of drug-likeness (QED) is 0.570. The van der Waals surface area contributed by atoms with Crippen LogP contribution in [0.4, 0.5) is 0 Å². The Bertz CT molecular complexity index is 1120. The van der Waals surface area contributed by atoms with Crippen molar-refractivity contribution in [2.75, 3.05) is 13.1 Å². The molecule has 2 aromatic carbocycles. The Morgan fingerprint density at radius 3 is 2.22 bits per heavy atom. The van der Waals surface area contributed by atoms with Crippen LogP contribution in [-0.2, 0) is 34.3 Å². The van der Waals surface area contributed by atoms with Crippen LogP contribution < -0.4 is 5.32 Å². The second-order valence-corrected chi connectivity index (χ2v) is 10.1. The summed E-state index contributed by atoms with van der Waals surface area (Å²) in [6, 6.07) is 14.8. The van der Waals surface area contributed by atoms with E-state index in [-0.39, 0.29) is 12.3 Å². The van der Waals surface area contributed by atoms with Crippen molar-refractivity contribution in [1.82, 2.24) is 19.2 Å². The number of carbonyl (C=O) groups excluding carboxylic acids is 1. The molecule has 0 spiro atoms. The van der Waals surface area contributed by atoms with Crippen molar-refractivity contribution in [2.45, 2.75) is 43.7 Å². The van der Waals surface area contributed by atoms with Gasteiger partial charge in [-0.1, -0.05) is 42.8 Å². The minimum absolute atomic E-state index is 0.0980. The van der Waals surface area contributed by atoms with Crippen molar-refractivity contribution >= 4 is 15.9 Å². The Kier molecular flexibility index (Phi) is 7.02. The van der Waals surface area contributed by atoms with Gasteiger partial charge in [-0.2, -0.15) is 4.31 Å². The molecule has 1 saturated heterocycles. The third kappa shape index (κ3) is 5.63. The van der Waals surface area contributed by atoms with Crippen LogP contribution in [0.1, 0.15) is 36.0 Å². The van der Waals surface area contributed by atoms with Crippen LogP contribution in [0, 0.1) is 0 Å². The highest BCUT2D eigenvalue weighted by molar-refractivity contribution is 7.89. The lowest BCUT2D eigenvalue weighted by Gasteiger charge is -2.25. The second kappa shape index (κ2) is 10.1. The zero-order valence-corrected chi connectivity index (χ0v) is 18.8. The summed E-state index contributed by atoms with van der Waals surface area (Å²) in [5.41, 5.74) is 2.98. The molecule has 0 aliphatic carbocycles. The number of hydrogen-bond donors (Lipinski definition) is 1. The highest BCUT2D eigenvalue weighted by atomic mass is 32.2. The predicted molar refractivity (Wildman–Crippen MR) is 122 cm³/mol. The SMILES string of the molecule is O=C(Cc1ccc(S(=O)(=O)N2CCCCC2)cc1)NCc1ccc(Cn2ccnc2)cc1. The summed E-state index contributed by atoms with van der Waals surface area (Å²) in [6.45, 7) is 2.37. The molecule has 1 aliphatic heterocycles. The third-order valence-corrected chi connectivity index (χ3v) is 7.59. The first kappa shape index (κ1) is 22.2. The molecule has 8 heteroatoms. The fourth-order valence-corrected chi connectivity index (χ4v) is 5.35. The van der Waals surface area contributed by atoms with Gasteiger partial charge in [-0.3, -0.25) is 4.79 Å². The molecule has 1 amide bonds. The zero-order valence-electron chi connectivity index (χ0n) is 18.0. The van der Waals surface area contributed by atoms with Gasteiger partial charge in [-0.15, -0.1) is 0 Å². The average molecular weight is 453 g/mol. The number of hydrogen-bond acceptors (Lipinski definition) is 4. The number of amides is 1. The Morgan fingerprint density at radius 2 is 1.56 bits per heavy atom. The molecule has 1 fully saturated rings. The lowest BCUT2D eigenvalue weighted by Crippen LogP contribution is -2.35. The molecule has 0 atom stereocenters. The van der Waals surface area contributed by atoms with Crippen LogP contribution in [0.5, 0.6) is 0 Å². The van der Waals surface area contributed by atoms with Crippen molar-refractivity contribution in [1.29, 1.82) is 0 Å². The van der Waals surface area contributed by atoms with Crippen LogP contribution >= 0.6 is 0 Å². The molecule has 0 radical (unpaired) electrons. The van der Waals surface area contributed by atoms with E-state index in [0.717, 1.165) is 42.5 Å². The fourth-order valence-electron chi connectivity index (χ4n) is 3.84. The third-order valence-electron chi connectivity index (χ3n) is 5.68. The number of rotatable bonds is 8. The van der Waals surface area contributed by atoms with Crippen LogP contribution in [0.3, 0.4) is 0 Å². The molecule has 7 nitrogen and oxygen atoms in total. The number of carbonyl (C=O) groups is 1. The van der Waals surface area contributed by atoms with E-state index in [0.29, 0.717) is 24.5 Å². The second-order valence-electron chi connectivity index (χ2n) is 8.11. The maximum absolute atomic E-state index is 12.7. The van der Waals surface area contributed by atoms with Crippen LogP contribution in [0.15, 0.2) is 72.1 Å². The van der Waals surface area contributed by atoms with Gasteiger partial charge in [-0.25, -0.2) is 13.4 Å².